The normalized spacial score (nSPS) is 33.7. The summed E-state index contributed by atoms with van der Waals surface area (Å²) in [6.07, 6.45) is 2.76. The molecule has 1 N–H and O–H groups in total. The second-order valence-electron chi connectivity index (χ2n) is 4.94. The molecule has 1 amide bonds. The molecule has 17 heavy (non-hydrogen) atoms. The summed E-state index contributed by atoms with van der Waals surface area (Å²) in [4.78, 5) is 24.9. The molecule has 2 rings (SSSR count). The summed E-state index contributed by atoms with van der Waals surface area (Å²) in [6.45, 7) is 3.13. The minimum Gasteiger partial charge on any atom is -0.480 e. The van der Waals surface area contributed by atoms with Crippen molar-refractivity contribution in [1.29, 1.82) is 0 Å². The van der Waals surface area contributed by atoms with Gasteiger partial charge < -0.3 is 14.7 Å². The molecule has 0 radical (unpaired) electrons. The third-order valence-corrected chi connectivity index (χ3v) is 3.70. The van der Waals surface area contributed by atoms with Crippen LogP contribution >= 0.6 is 0 Å². The van der Waals surface area contributed by atoms with E-state index < -0.39 is 18.1 Å². The maximum absolute atomic E-state index is 12.3. The van der Waals surface area contributed by atoms with Gasteiger partial charge in [-0.2, -0.15) is 0 Å². The van der Waals surface area contributed by atoms with Gasteiger partial charge in [0.1, 0.15) is 12.1 Å². The van der Waals surface area contributed by atoms with Crippen molar-refractivity contribution in [1.82, 2.24) is 4.90 Å². The molecule has 0 bridgehead atoms. The van der Waals surface area contributed by atoms with E-state index >= 15 is 0 Å². The number of hydrogen-bond acceptors (Lipinski definition) is 3. The monoisotopic (exact) mass is 241 g/mol. The quantitative estimate of drug-likeness (QED) is 0.779. The summed E-state index contributed by atoms with van der Waals surface area (Å²) in [7, 11) is 0. The van der Waals surface area contributed by atoms with Crippen molar-refractivity contribution < 1.29 is 19.4 Å². The van der Waals surface area contributed by atoms with Crippen LogP contribution in [0.15, 0.2) is 0 Å². The van der Waals surface area contributed by atoms with Gasteiger partial charge in [0.15, 0.2) is 0 Å². The van der Waals surface area contributed by atoms with Crippen molar-refractivity contribution >= 4 is 11.9 Å². The van der Waals surface area contributed by atoms with E-state index in [4.69, 9.17) is 9.84 Å². The number of amides is 1. The molecule has 2 heterocycles. The van der Waals surface area contributed by atoms with Gasteiger partial charge in [0.25, 0.3) is 5.91 Å². The third-order valence-electron chi connectivity index (χ3n) is 3.70. The van der Waals surface area contributed by atoms with Gasteiger partial charge in [0, 0.05) is 13.2 Å². The molecule has 2 aliphatic rings. The molecule has 0 saturated carbocycles. The van der Waals surface area contributed by atoms with Crippen molar-refractivity contribution in [2.75, 3.05) is 13.2 Å². The summed E-state index contributed by atoms with van der Waals surface area (Å²) in [5.41, 5.74) is 0. The van der Waals surface area contributed by atoms with Gasteiger partial charge in [0.05, 0.1) is 0 Å². The number of nitrogens with zero attached hydrogens (tertiary/aromatic N) is 1. The lowest BCUT2D eigenvalue weighted by Gasteiger charge is -2.35. The van der Waals surface area contributed by atoms with Crippen molar-refractivity contribution in [3.63, 3.8) is 0 Å². The van der Waals surface area contributed by atoms with Crippen LogP contribution in [0.1, 0.15) is 32.6 Å². The maximum atomic E-state index is 12.3. The van der Waals surface area contributed by atoms with Gasteiger partial charge in [-0.25, -0.2) is 4.79 Å². The lowest BCUT2D eigenvalue weighted by atomic mass is 9.98. The molecular weight excluding hydrogens is 222 g/mol. The number of piperidine rings is 1. The lowest BCUT2D eigenvalue weighted by Crippen LogP contribution is -2.52. The van der Waals surface area contributed by atoms with Crippen LogP contribution in [-0.2, 0) is 14.3 Å². The Bertz CT molecular complexity index is 318. The van der Waals surface area contributed by atoms with Gasteiger partial charge in [-0.3, -0.25) is 4.79 Å². The molecule has 96 valence electrons. The zero-order valence-electron chi connectivity index (χ0n) is 10.1. The van der Waals surface area contributed by atoms with E-state index in [1.54, 1.807) is 0 Å². The first-order valence-electron chi connectivity index (χ1n) is 6.26. The van der Waals surface area contributed by atoms with Crippen molar-refractivity contribution in [3.05, 3.63) is 0 Å². The standard InChI is InChI=1S/C12H19NO4/c1-8-5-7-17-10(8)11(14)13-6-3-2-4-9(13)12(15)16/h8-10H,2-7H2,1H3,(H,15,16)/t8?,9-,10?/m0/s1. The van der Waals surface area contributed by atoms with Crippen molar-refractivity contribution in [2.24, 2.45) is 5.92 Å². The van der Waals surface area contributed by atoms with Gasteiger partial charge in [-0.15, -0.1) is 0 Å². The number of ether oxygens (including phenoxy) is 1. The molecule has 0 aromatic heterocycles. The van der Waals surface area contributed by atoms with Crippen LogP contribution in [-0.4, -0.2) is 47.2 Å². The molecule has 0 aromatic carbocycles. The van der Waals surface area contributed by atoms with Gasteiger partial charge >= 0.3 is 5.97 Å². The molecule has 2 aliphatic heterocycles. The average Bonchev–Trinajstić information content (AvgIpc) is 2.74. The molecule has 2 saturated heterocycles. The SMILES string of the molecule is CC1CCOC1C(=O)N1CCCC[C@H]1C(=O)O. The van der Waals surface area contributed by atoms with E-state index in [0.29, 0.717) is 19.6 Å². The summed E-state index contributed by atoms with van der Waals surface area (Å²) in [5.74, 6) is -0.843. The zero-order chi connectivity index (χ0) is 12.4. The maximum Gasteiger partial charge on any atom is 0.326 e. The minimum atomic E-state index is -0.899. The highest BCUT2D eigenvalue weighted by molar-refractivity contribution is 5.87. The number of rotatable bonds is 2. The fourth-order valence-corrected chi connectivity index (χ4v) is 2.63. The first kappa shape index (κ1) is 12.4. The predicted molar refractivity (Wildman–Crippen MR) is 60.5 cm³/mol. The molecule has 0 aromatic rings. The molecule has 5 nitrogen and oxygen atoms in total. The van der Waals surface area contributed by atoms with Crippen LogP contribution in [0.3, 0.4) is 0 Å². The highest BCUT2D eigenvalue weighted by Gasteiger charge is 2.39. The average molecular weight is 241 g/mol. The molecular formula is C12H19NO4. The van der Waals surface area contributed by atoms with Crippen LogP contribution in [0.25, 0.3) is 0 Å². The fraction of sp³-hybridized carbons (Fsp3) is 0.833. The Balaban J connectivity index is 2.08. The molecule has 0 spiro atoms. The second kappa shape index (κ2) is 5.04. The molecule has 3 atom stereocenters. The number of likely N-dealkylation sites (tertiary alicyclic amines) is 1. The van der Waals surface area contributed by atoms with Crippen LogP contribution in [0.5, 0.6) is 0 Å². The minimum absolute atomic E-state index is 0.137. The Morgan fingerprint density at radius 1 is 1.29 bits per heavy atom. The van der Waals surface area contributed by atoms with E-state index in [1.807, 2.05) is 6.92 Å². The summed E-state index contributed by atoms with van der Waals surface area (Å²) in [5, 5.41) is 9.13. The Labute approximate surface area is 101 Å². The number of carbonyl (C=O) groups is 2. The summed E-state index contributed by atoms with van der Waals surface area (Å²) >= 11 is 0. The number of aliphatic carboxylic acids is 1. The smallest absolute Gasteiger partial charge is 0.326 e. The first-order valence-corrected chi connectivity index (χ1v) is 6.26. The van der Waals surface area contributed by atoms with E-state index in [-0.39, 0.29) is 11.8 Å². The summed E-state index contributed by atoms with van der Waals surface area (Å²) < 4.78 is 5.42. The van der Waals surface area contributed by atoms with Gasteiger partial charge in [-0.1, -0.05) is 6.92 Å². The van der Waals surface area contributed by atoms with Crippen LogP contribution in [0.2, 0.25) is 0 Å². The number of carboxylic acid groups (broad SMARTS) is 1. The van der Waals surface area contributed by atoms with Crippen molar-refractivity contribution in [3.8, 4) is 0 Å². The van der Waals surface area contributed by atoms with Crippen molar-refractivity contribution in [2.45, 2.75) is 44.8 Å². The van der Waals surface area contributed by atoms with E-state index in [2.05, 4.69) is 0 Å². The predicted octanol–water partition coefficient (Wildman–Crippen LogP) is 0.877. The van der Waals surface area contributed by atoms with Crippen LogP contribution < -0.4 is 0 Å². The van der Waals surface area contributed by atoms with Crippen LogP contribution in [0.4, 0.5) is 0 Å². The van der Waals surface area contributed by atoms with E-state index in [1.165, 1.54) is 4.90 Å². The second-order valence-corrected chi connectivity index (χ2v) is 4.94. The highest BCUT2D eigenvalue weighted by atomic mass is 16.5. The van der Waals surface area contributed by atoms with Crippen LogP contribution in [0, 0.1) is 5.92 Å². The number of hydrogen-bond donors (Lipinski definition) is 1. The Morgan fingerprint density at radius 3 is 2.65 bits per heavy atom. The Hall–Kier alpha value is -1.10. The highest BCUT2D eigenvalue weighted by Crippen LogP contribution is 2.25. The number of carboxylic acids is 1. The topological polar surface area (TPSA) is 66.8 Å². The van der Waals surface area contributed by atoms with E-state index in [9.17, 15) is 9.59 Å². The number of carbonyl (C=O) groups excluding carboxylic acids is 1. The molecule has 0 aliphatic carbocycles. The molecule has 2 unspecified atom stereocenters. The van der Waals surface area contributed by atoms with E-state index in [0.717, 1.165) is 19.3 Å². The molecule has 2 fully saturated rings. The lowest BCUT2D eigenvalue weighted by molar-refractivity contribution is -0.157. The molecule has 5 heteroatoms. The summed E-state index contributed by atoms with van der Waals surface area (Å²) in [6, 6.07) is -0.660. The fourth-order valence-electron chi connectivity index (χ4n) is 2.63. The Kier molecular flexibility index (Phi) is 3.66. The van der Waals surface area contributed by atoms with Gasteiger partial charge in [0.2, 0.25) is 0 Å². The Morgan fingerprint density at radius 2 is 2.06 bits per heavy atom. The van der Waals surface area contributed by atoms with Gasteiger partial charge in [-0.05, 0) is 31.6 Å². The third kappa shape index (κ3) is 2.44. The first-order chi connectivity index (χ1) is 8.11. The zero-order valence-corrected chi connectivity index (χ0v) is 10.1. The largest absolute Gasteiger partial charge is 0.480 e.